The number of esters is 1. The number of anilines is 1. The number of aromatic nitrogens is 4. The fourth-order valence-corrected chi connectivity index (χ4v) is 3.34. The molecule has 0 aliphatic heterocycles. The van der Waals surface area contributed by atoms with Gasteiger partial charge in [0.1, 0.15) is 16.9 Å². The molecule has 4 rings (SSSR count). The van der Waals surface area contributed by atoms with Crippen LogP contribution in [0.2, 0.25) is 0 Å². The largest absolute Gasteiger partial charge is 0.462 e. The molecule has 0 unspecified atom stereocenters. The Morgan fingerprint density at radius 2 is 1.66 bits per heavy atom. The number of rotatable bonds is 5. The van der Waals surface area contributed by atoms with Gasteiger partial charge in [0.05, 0.1) is 18.5 Å². The Kier molecular flexibility index (Phi) is 5.63. The van der Waals surface area contributed by atoms with Gasteiger partial charge in [-0.25, -0.2) is 9.89 Å². The van der Waals surface area contributed by atoms with Gasteiger partial charge in [0, 0.05) is 11.1 Å². The smallest absolute Gasteiger partial charge is 0.343 e. The molecule has 2 heterocycles. The van der Waals surface area contributed by atoms with Crippen LogP contribution in [0, 0.1) is 0 Å². The molecule has 0 saturated heterocycles. The number of hydrogen-bond donors (Lipinski definition) is 2. The van der Waals surface area contributed by atoms with Gasteiger partial charge >= 0.3 is 5.97 Å². The maximum Gasteiger partial charge on any atom is 0.343 e. The minimum Gasteiger partial charge on any atom is -0.462 e. The van der Waals surface area contributed by atoms with Gasteiger partial charge in [-0.05, 0) is 12.5 Å². The van der Waals surface area contributed by atoms with E-state index in [0.29, 0.717) is 22.4 Å². The first kappa shape index (κ1) is 20.7. The van der Waals surface area contributed by atoms with Gasteiger partial charge in [-0.3, -0.25) is 9.59 Å². The molecule has 160 valence electrons. The number of hydrogen-bond acceptors (Lipinski definition) is 7. The second-order valence-corrected chi connectivity index (χ2v) is 6.76. The lowest BCUT2D eigenvalue weighted by Crippen LogP contribution is -2.27. The van der Waals surface area contributed by atoms with Crippen molar-refractivity contribution in [1.29, 1.82) is 0 Å². The summed E-state index contributed by atoms with van der Waals surface area (Å²) in [5.41, 5.74) is 7.11. The minimum atomic E-state index is -0.794. The molecule has 9 nitrogen and oxygen atoms in total. The van der Waals surface area contributed by atoms with Crippen molar-refractivity contribution in [2.75, 3.05) is 12.3 Å². The standard InChI is InChI=1S/C23H19N5O4/c1-2-32-23(31)16-13-25-28(20(16)24)22(30)18-17(14-9-5-3-6-10-14)19(26-27-21(18)29)15-11-7-4-8-12-15/h3-13H,2,24H2,1H3,(H,27,29). The van der Waals surface area contributed by atoms with Crippen molar-refractivity contribution in [3.8, 4) is 22.4 Å². The predicted molar refractivity (Wildman–Crippen MR) is 118 cm³/mol. The summed E-state index contributed by atoms with van der Waals surface area (Å²) < 4.78 is 5.76. The zero-order valence-corrected chi connectivity index (χ0v) is 17.1. The fraction of sp³-hybridized carbons (Fsp3) is 0.0870. The van der Waals surface area contributed by atoms with Crippen LogP contribution in [0.15, 0.2) is 71.7 Å². The summed E-state index contributed by atoms with van der Waals surface area (Å²) in [4.78, 5) is 38.4. The average Bonchev–Trinajstić information content (AvgIpc) is 3.21. The summed E-state index contributed by atoms with van der Waals surface area (Å²) in [6.45, 7) is 1.79. The van der Waals surface area contributed by atoms with Crippen LogP contribution < -0.4 is 11.3 Å². The van der Waals surface area contributed by atoms with E-state index in [-0.39, 0.29) is 23.6 Å². The summed E-state index contributed by atoms with van der Waals surface area (Å²) >= 11 is 0. The Balaban J connectivity index is 1.95. The van der Waals surface area contributed by atoms with Crippen LogP contribution in [0.5, 0.6) is 0 Å². The van der Waals surface area contributed by atoms with E-state index in [0.717, 1.165) is 10.9 Å². The first-order chi connectivity index (χ1) is 15.5. The highest BCUT2D eigenvalue weighted by Gasteiger charge is 2.27. The van der Waals surface area contributed by atoms with E-state index in [1.54, 1.807) is 31.2 Å². The monoisotopic (exact) mass is 429 g/mol. The van der Waals surface area contributed by atoms with Crippen LogP contribution in [-0.2, 0) is 4.74 Å². The number of carbonyl (C=O) groups is 2. The second kappa shape index (κ2) is 8.68. The molecule has 2 aromatic carbocycles. The molecule has 32 heavy (non-hydrogen) atoms. The summed E-state index contributed by atoms with van der Waals surface area (Å²) in [5, 5.41) is 10.6. The topological polar surface area (TPSA) is 133 Å². The van der Waals surface area contributed by atoms with E-state index in [2.05, 4.69) is 15.3 Å². The number of ether oxygens (including phenoxy) is 1. The van der Waals surface area contributed by atoms with Crippen LogP contribution in [0.4, 0.5) is 5.82 Å². The molecule has 0 saturated carbocycles. The third-order valence-electron chi connectivity index (χ3n) is 4.80. The number of aromatic amines is 1. The summed E-state index contributed by atoms with van der Waals surface area (Å²) in [7, 11) is 0. The van der Waals surface area contributed by atoms with E-state index in [9.17, 15) is 14.4 Å². The predicted octanol–water partition coefficient (Wildman–Crippen LogP) is 2.75. The van der Waals surface area contributed by atoms with Crippen LogP contribution in [-0.4, -0.2) is 38.5 Å². The highest BCUT2D eigenvalue weighted by molar-refractivity contribution is 6.06. The Morgan fingerprint density at radius 1 is 1.03 bits per heavy atom. The zero-order chi connectivity index (χ0) is 22.7. The van der Waals surface area contributed by atoms with E-state index in [1.807, 2.05) is 36.4 Å². The van der Waals surface area contributed by atoms with E-state index in [1.165, 1.54) is 0 Å². The van der Waals surface area contributed by atoms with Crippen LogP contribution in [0.1, 0.15) is 27.6 Å². The number of H-pyrrole nitrogens is 1. The highest BCUT2D eigenvalue weighted by Crippen LogP contribution is 2.32. The zero-order valence-electron chi connectivity index (χ0n) is 17.1. The van der Waals surface area contributed by atoms with Gasteiger partial charge < -0.3 is 10.5 Å². The van der Waals surface area contributed by atoms with Gasteiger partial charge in [-0.15, -0.1) is 0 Å². The maximum absolute atomic E-state index is 13.5. The number of nitrogens with two attached hydrogens (primary N) is 1. The van der Waals surface area contributed by atoms with Crippen molar-refractivity contribution in [3.05, 3.63) is 88.3 Å². The first-order valence-electron chi connectivity index (χ1n) is 9.81. The van der Waals surface area contributed by atoms with Crippen molar-refractivity contribution in [3.63, 3.8) is 0 Å². The minimum absolute atomic E-state index is 0.0600. The number of nitrogen functional groups attached to an aromatic ring is 1. The van der Waals surface area contributed by atoms with E-state index >= 15 is 0 Å². The van der Waals surface area contributed by atoms with Gasteiger partial charge in [-0.1, -0.05) is 60.7 Å². The molecule has 0 atom stereocenters. The van der Waals surface area contributed by atoms with Gasteiger partial charge in [0.25, 0.3) is 11.5 Å². The van der Waals surface area contributed by atoms with Gasteiger partial charge in [-0.2, -0.15) is 14.9 Å². The molecule has 0 aliphatic carbocycles. The third kappa shape index (κ3) is 3.67. The Hall–Kier alpha value is -4.53. The van der Waals surface area contributed by atoms with Crippen LogP contribution in [0.3, 0.4) is 0 Å². The van der Waals surface area contributed by atoms with Crippen molar-refractivity contribution in [1.82, 2.24) is 20.0 Å². The molecule has 0 spiro atoms. The van der Waals surface area contributed by atoms with Crippen LogP contribution in [0.25, 0.3) is 22.4 Å². The van der Waals surface area contributed by atoms with E-state index in [4.69, 9.17) is 10.5 Å². The Morgan fingerprint density at radius 3 is 2.28 bits per heavy atom. The Labute approximate surface area is 182 Å². The molecule has 4 aromatic rings. The van der Waals surface area contributed by atoms with Crippen LogP contribution >= 0.6 is 0 Å². The quantitative estimate of drug-likeness (QED) is 0.466. The lowest BCUT2D eigenvalue weighted by atomic mass is 9.95. The lowest BCUT2D eigenvalue weighted by molar-refractivity contribution is 0.0527. The molecule has 0 aliphatic rings. The highest BCUT2D eigenvalue weighted by atomic mass is 16.5. The number of nitrogens with zero attached hydrogens (tertiary/aromatic N) is 3. The molecule has 0 bridgehead atoms. The normalized spacial score (nSPS) is 10.7. The SMILES string of the molecule is CCOC(=O)c1cnn(C(=O)c2c(-c3ccccc3)c(-c3ccccc3)n[nH]c2=O)c1N. The third-order valence-corrected chi connectivity index (χ3v) is 4.80. The summed E-state index contributed by atoms with van der Waals surface area (Å²) in [6, 6.07) is 18.1. The van der Waals surface area contributed by atoms with Crippen molar-refractivity contribution < 1.29 is 14.3 Å². The molecular formula is C23H19N5O4. The van der Waals surface area contributed by atoms with Gasteiger partial charge in [0.2, 0.25) is 0 Å². The molecular weight excluding hydrogens is 410 g/mol. The molecule has 0 radical (unpaired) electrons. The molecule has 3 N–H and O–H groups in total. The number of carbonyl (C=O) groups excluding carboxylic acids is 2. The maximum atomic E-state index is 13.5. The molecule has 9 heteroatoms. The average molecular weight is 429 g/mol. The van der Waals surface area contributed by atoms with Crippen molar-refractivity contribution in [2.24, 2.45) is 0 Å². The van der Waals surface area contributed by atoms with Crippen molar-refractivity contribution in [2.45, 2.75) is 6.92 Å². The van der Waals surface area contributed by atoms with E-state index < -0.39 is 17.4 Å². The first-order valence-corrected chi connectivity index (χ1v) is 9.81. The Bertz CT molecular complexity index is 1340. The molecule has 0 amide bonds. The van der Waals surface area contributed by atoms with Gasteiger partial charge in [0.15, 0.2) is 0 Å². The number of benzene rings is 2. The van der Waals surface area contributed by atoms with Crippen molar-refractivity contribution >= 4 is 17.7 Å². The molecule has 2 aromatic heterocycles. The summed E-state index contributed by atoms with van der Waals surface area (Å²) in [5.74, 6) is -1.72. The molecule has 0 fully saturated rings. The fourth-order valence-electron chi connectivity index (χ4n) is 3.34. The lowest BCUT2D eigenvalue weighted by Gasteiger charge is -2.13. The summed E-state index contributed by atoms with van der Waals surface area (Å²) in [6.07, 6.45) is 1.14. The number of nitrogens with one attached hydrogen (secondary N) is 1. The second-order valence-electron chi connectivity index (χ2n) is 6.76.